The Labute approximate surface area is 132 Å². The van der Waals surface area contributed by atoms with Crippen LogP contribution < -0.4 is 0 Å². The van der Waals surface area contributed by atoms with Crippen LogP contribution in [-0.2, 0) is 9.05 Å². The first-order valence-corrected chi connectivity index (χ1v) is 8.19. The van der Waals surface area contributed by atoms with E-state index in [1.165, 1.54) is 0 Å². The van der Waals surface area contributed by atoms with Gasteiger partial charge in [-0.25, -0.2) is 21.6 Å². The molecule has 21 heavy (non-hydrogen) atoms. The molecule has 0 aliphatic rings. The highest BCUT2D eigenvalue weighted by Gasteiger charge is 2.29. The van der Waals surface area contributed by atoms with Crippen molar-refractivity contribution in [2.75, 3.05) is 13.6 Å². The summed E-state index contributed by atoms with van der Waals surface area (Å²) in [4.78, 5) is 11.5. The maximum atomic E-state index is 13.6. The molecule has 1 amide bonds. The maximum absolute atomic E-state index is 13.6. The van der Waals surface area contributed by atoms with Crippen LogP contribution in [0.1, 0.15) is 10.4 Å². The number of hydrogen-bond acceptors (Lipinski definition) is 3. The van der Waals surface area contributed by atoms with E-state index < -0.39 is 54.2 Å². The van der Waals surface area contributed by atoms with Gasteiger partial charge in [0.2, 0.25) is 0 Å². The van der Waals surface area contributed by atoms with Gasteiger partial charge in [0.15, 0.2) is 0 Å². The lowest BCUT2D eigenvalue weighted by atomic mass is 10.2. The molecule has 0 saturated carbocycles. The van der Waals surface area contributed by atoms with Gasteiger partial charge in [0.1, 0.15) is 10.7 Å². The predicted molar refractivity (Wildman–Crippen MR) is 72.4 cm³/mol. The van der Waals surface area contributed by atoms with Gasteiger partial charge in [0, 0.05) is 17.7 Å². The predicted octanol–water partition coefficient (Wildman–Crippen LogP) is 3.40. The standard InChI is InChI=1S/C10H7Cl3F3NO3S/c1-17(3-6(15)16)10(18)4-2-5(14)8(12)9(7(4)11)21(13,19)20/h2,6H,3H2,1H3. The SMILES string of the molecule is CN(CC(F)F)C(=O)c1cc(F)c(Cl)c(S(=O)(=O)Cl)c1Cl. The number of carbonyl (C=O) groups is 1. The maximum Gasteiger partial charge on any atom is 0.264 e. The van der Waals surface area contributed by atoms with Crippen LogP contribution >= 0.6 is 33.9 Å². The molecule has 0 fully saturated rings. The number of alkyl halides is 2. The van der Waals surface area contributed by atoms with Crippen LogP contribution in [0, 0.1) is 5.82 Å². The fraction of sp³-hybridized carbons (Fsp3) is 0.300. The molecule has 0 bridgehead atoms. The van der Waals surface area contributed by atoms with Crippen molar-refractivity contribution in [3.05, 3.63) is 27.5 Å². The molecular weight excluding hydrogens is 378 g/mol. The lowest BCUT2D eigenvalue weighted by Crippen LogP contribution is -2.31. The molecule has 0 aliphatic carbocycles. The zero-order chi connectivity index (χ0) is 16.5. The number of amides is 1. The third-order valence-electron chi connectivity index (χ3n) is 2.35. The molecule has 1 aromatic carbocycles. The average Bonchev–Trinajstić information content (AvgIpc) is 2.30. The topological polar surface area (TPSA) is 54.5 Å². The van der Waals surface area contributed by atoms with E-state index in [0.717, 1.165) is 7.05 Å². The van der Waals surface area contributed by atoms with Crippen LogP contribution in [0.15, 0.2) is 11.0 Å². The second kappa shape index (κ2) is 6.60. The highest BCUT2D eigenvalue weighted by atomic mass is 35.7. The van der Waals surface area contributed by atoms with Crippen molar-refractivity contribution in [1.82, 2.24) is 4.90 Å². The molecular formula is C10H7Cl3F3NO3S. The molecule has 1 rings (SSSR count). The fourth-order valence-electron chi connectivity index (χ4n) is 1.45. The second-order valence-electron chi connectivity index (χ2n) is 3.88. The molecule has 0 aliphatic heterocycles. The Morgan fingerprint density at radius 3 is 2.29 bits per heavy atom. The smallest absolute Gasteiger partial charge is 0.264 e. The Morgan fingerprint density at radius 1 is 1.33 bits per heavy atom. The summed E-state index contributed by atoms with van der Waals surface area (Å²) in [7, 11) is 1.55. The summed E-state index contributed by atoms with van der Waals surface area (Å²) < 4.78 is 60.7. The minimum atomic E-state index is -4.54. The van der Waals surface area contributed by atoms with E-state index in [0.29, 0.717) is 11.0 Å². The minimum absolute atomic E-state index is 0.556. The van der Waals surface area contributed by atoms with E-state index >= 15 is 0 Å². The lowest BCUT2D eigenvalue weighted by Gasteiger charge is -2.18. The van der Waals surface area contributed by atoms with Gasteiger partial charge in [-0.05, 0) is 6.07 Å². The Bertz CT molecular complexity index is 682. The Morgan fingerprint density at radius 2 is 1.86 bits per heavy atom. The highest BCUT2D eigenvalue weighted by Crippen LogP contribution is 2.36. The molecule has 0 heterocycles. The van der Waals surface area contributed by atoms with Gasteiger partial charge in [0.05, 0.1) is 22.2 Å². The van der Waals surface area contributed by atoms with Crippen molar-refractivity contribution in [3.63, 3.8) is 0 Å². The first-order chi connectivity index (χ1) is 9.46. The van der Waals surface area contributed by atoms with E-state index in [9.17, 15) is 26.4 Å². The van der Waals surface area contributed by atoms with Crippen LogP contribution in [0.5, 0.6) is 0 Å². The van der Waals surface area contributed by atoms with Gasteiger partial charge < -0.3 is 4.90 Å². The highest BCUT2D eigenvalue weighted by molar-refractivity contribution is 8.14. The van der Waals surface area contributed by atoms with Gasteiger partial charge in [-0.2, -0.15) is 0 Å². The summed E-state index contributed by atoms with van der Waals surface area (Å²) in [6, 6.07) is 0.556. The number of carbonyl (C=O) groups excluding carboxylic acids is 1. The average molecular weight is 385 g/mol. The Kier molecular flexibility index (Phi) is 5.76. The molecule has 0 radical (unpaired) electrons. The summed E-state index contributed by atoms with van der Waals surface area (Å²) in [5.41, 5.74) is -0.638. The quantitative estimate of drug-likeness (QED) is 0.590. The van der Waals surface area contributed by atoms with Crippen molar-refractivity contribution in [3.8, 4) is 0 Å². The molecule has 118 valence electrons. The third-order valence-corrected chi connectivity index (χ3v) is 4.69. The zero-order valence-corrected chi connectivity index (χ0v) is 13.3. The molecule has 0 N–H and O–H groups in total. The molecule has 4 nitrogen and oxygen atoms in total. The summed E-state index contributed by atoms with van der Waals surface area (Å²) in [6.45, 7) is -0.942. The summed E-state index contributed by atoms with van der Waals surface area (Å²) >= 11 is 11.2. The van der Waals surface area contributed by atoms with E-state index in [4.69, 9.17) is 33.9 Å². The molecule has 0 saturated heterocycles. The van der Waals surface area contributed by atoms with Gasteiger partial charge >= 0.3 is 0 Å². The van der Waals surface area contributed by atoms with Crippen molar-refractivity contribution in [1.29, 1.82) is 0 Å². The number of hydrogen-bond donors (Lipinski definition) is 0. The van der Waals surface area contributed by atoms with Crippen LogP contribution in [-0.4, -0.2) is 39.2 Å². The van der Waals surface area contributed by atoms with Crippen LogP contribution in [0.3, 0.4) is 0 Å². The zero-order valence-electron chi connectivity index (χ0n) is 10.2. The second-order valence-corrected chi connectivity index (χ2v) is 7.14. The van der Waals surface area contributed by atoms with Gasteiger partial charge in [-0.3, -0.25) is 4.79 Å². The van der Waals surface area contributed by atoms with E-state index in [-0.39, 0.29) is 0 Å². The number of halogens is 6. The van der Waals surface area contributed by atoms with Crippen molar-refractivity contribution in [2.45, 2.75) is 11.3 Å². The van der Waals surface area contributed by atoms with Gasteiger partial charge in [-0.1, -0.05) is 23.2 Å². The van der Waals surface area contributed by atoms with Crippen LogP contribution in [0.4, 0.5) is 13.2 Å². The van der Waals surface area contributed by atoms with Crippen molar-refractivity contribution >= 4 is 48.8 Å². The summed E-state index contributed by atoms with van der Waals surface area (Å²) in [5, 5.41) is -1.62. The summed E-state index contributed by atoms with van der Waals surface area (Å²) in [5.74, 6) is -2.37. The molecule has 11 heteroatoms. The van der Waals surface area contributed by atoms with Crippen molar-refractivity contribution < 1.29 is 26.4 Å². The van der Waals surface area contributed by atoms with Crippen molar-refractivity contribution in [2.24, 2.45) is 0 Å². The minimum Gasteiger partial charge on any atom is -0.336 e. The summed E-state index contributed by atoms with van der Waals surface area (Å²) in [6.07, 6.45) is -2.83. The molecule has 1 aromatic rings. The number of nitrogens with zero attached hydrogens (tertiary/aromatic N) is 1. The first kappa shape index (κ1) is 18.3. The normalized spacial score (nSPS) is 11.8. The fourth-order valence-corrected chi connectivity index (χ4v) is 3.82. The molecule has 0 atom stereocenters. The lowest BCUT2D eigenvalue weighted by molar-refractivity contribution is 0.0620. The number of benzene rings is 1. The van der Waals surface area contributed by atoms with Gasteiger partial charge in [0.25, 0.3) is 21.4 Å². The first-order valence-electron chi connectivity index (χ1n) is 5.12. The van der Waals surface area contributed by atoms with E-state index in [1.54, 1.807) is 0 Å². The largest absolute Gasteiger partial charge is 0.336 e. The van der Waals surface area contributed by atoms with Gasteiger partial charge in [-0.15, -0.1) is 0 Å². The van der Waals surface area contributed by atoms with Crippen LogP contribution in [0.25, 0.3) is 0 Å². The molecule has 0 aromatic heterocycles. The van der Waals surface area contributed by atoms with E-state index in [2.05, 4.69) is 0 Å². The van der Waals surface area contributed by atoms with Crippen LogP contribution in [0.2, 0.25) is 10.0 Å². The Balaban J connectivity index is 3.46. The monoisotopic (exact) mass is 383 g/mol. The Hall–Kier alpha value is -0.700. The molecule has 0 spiro atoms. The number of rotatable bonds is 4. The van der Waals surface area contributed by atoms with E-state index in [1.807, 2.05) is 0 Å². The third kappa shape index (κ3) is 4.15. The molecule has 0 unspecified atom stereocenters.